The van der Waals surface area contributed by atoms with Gasteiger partial charge >= 0.3 is 13.8 Å². The molecule has 0 aliphatic carbocycles. The zero-order valence-corrected chi connectivity index (χ0v) is 35.8. The number of phosphoric ester groups is 1. The Bertz CT molecular complexity index is 781. The Morgan fingerprint density at radius 2 is 0.830 bits per heavy atom. The molecule has 0 aromatic heterocycles. The van der Waals surface area contributed by atoms with Crippen LogP contribution in [0.5, 0.6) is 0 Å². The van der Waals surface area contributed by atoms with E-state index in [0.29, 0.717) is 32.6 Å². The zero-order chi connectivity index (χ0) is 39.5. The van der Waals surface area contributed by atoms with E-state index < -0.39 is 19.8 Å². The normalized spacial score (nSPS) is 12.0. The third kappa shape index (κ3) is 48.8. The molecule has 0 saturated carbocycles. The quantitative estimate of drug-likeness (QED) is 0.0152. The second kappa shape index (κ2) is 43.5. The number of hydrogen-bond donors (Lipinski definition) is 6. The highest BCUT2D eigenvalue weighted by Gasteiger charge is 2.20. The Balaban J connectivity index is 0. The van der Waals surface area contributed by atoms with Gasteiger partial charge in [-0.2, -0.15) is 0 Å². The summed E-state index contributed by atoms with van der Waals surface area (Å²) in [6.45, 7) is 5.69. The first-order chi connectivity index (χ1) is 25.7. The van der Waals surface area contributed by atoms with E-state index >= 15 is 0 Å². The predicted molar refractivity (Wildman–Crippen MR) is 226 cm³/mol. The standard InChI is InChI=1S/C36H75O4P.C6H14N4O2/c1-3-5-7-9-11-13-15-17-19-21-23-25-27-29-31-33-35-39-41(37,38)40-36-34-32-30-28-26-24-22-20-18-16-14-12-10-8-6-4-2;7-4(5(11)12)2-1-3-10-6(8)9/h3-36H2,1-2H3,(H,37,38);4H,1-3,7H2,(H,11,12)(H4,8,9,10)/t;4-/m.0/s1. The maximum Gasteiger partial charge on any atom is 0.472 e. The lowest BCUT2D eigenvalue weighted by Gasteiger charge is -2.12. The average molecular weight is 777 g/mol. The van der Waals surface area contributed by atoms with Crippen LogP contribution in [-0.2, 0) is 18.4 Å². The highest BCUT2D eigenvalue weighted by molar-refractivity contribution is 7.47. The van der Waals surface area contributed by atoms with E-state index in [2.05, 4.69) is 19.2 Å². The number of phosphoric acid groups is 1. The van der Waals surface area contributed by atoms with Gasteiger partial charge in [0, 0.05) is 6.54 Å². The zero-order valence-electron chi connectivity index (χ0n) is 34.9. The minimum absolute atomic E-state index is 0.112. The molecule has 318 valence electrons. The van der Waals surface area contributed by atoms with E-state index in [0.717, 1.165) is 25.7 Å². The number of hydrogen-bond acceptors (Lipinski definition) is 6. The molecular weight excluding hydrogens is 687 g/mol. The van der Waals surface area contributed by atoms with Gasteiger partial charge < -0.3 is 26.8 Å². The molecule has 0 saturated heterocycles. The summed E-state index contributed by atoms with van der Waals surface area (Å²) < 4.78 is 22.4. The lowest BCUT2D eigenvalue weighted by Crippen LogP contribution is -2.34. The molecule has 0 spiro atoms. The highest BCUT2D eigenvalue weighted by Crippen LogP contribution is 2.43. The Labute approximate surface area is 327 Å². The van der Waals surface area contributed by atoms with Crippen LogP contribution >= 0.6 is 7.82 Å². The number of unbranched alkanes of at least 4 members (excludes halogenated alkanes) is 30. The first-order valence-electron chi connectivity index (χ1n) is 22.3. The first kappa shape index (κ1) is 53.9. The largest absolute Gasteiger partial charge is 0.480 e. The van der Waals surface area contributed by atoms with Crippen molar-refractivity contribution in [3.8, 4) is 0 Å². The fourth-order valence-electron chi connectivity index (χ4n) is 6.37. The smallest absolute Gasteiger partial charge is 0.472 e. The monoisotopic (exact) mass is 777 g/mol. The van der Waals surface area contributed by atoms with Crippen LogP contribution in [0.15, 0.2) is 0 Å². The number of aliphatic carboxylic acids is 1. The summed E-state index contributed by atoms with van der Waals surface area (Å²) in [6, 6.07) is -0.821. The summed E-state index contributed by atoms with van der Waals surface area (Å²) in [7, 11) is -3.87. The Morgan fingerprint density at radius 3 is 1.08 bits per heavy atom. The van der Waals surface area contributed by atoms with Gasteiger partial charge in [-0.25, -0.2) is 4.57 Å². The van der Waals surface area contributed by atoms with Crippen molar-refractivity contribution in [2.24, 2.45) is 11.5 Å². The van der Waals surface area contributed by atoms with Gasteiger partial charge in [0.25, 0.3) is 0 Å². The Morgan fingerprint density at radius 1 is 0.566 bits per heavy atom. The van der Waals surface area contributed by atoms with Crippen LogP contribution in [0.2, 0.25) is 0 Å². The van der Waals surface area contributed by atoms with Crippen LogP contribution in [0, 0.1) is 5.41 Å². The minimum atomic E-state index is -3.87. The van der Waals surface area contributed by atoms with Crippen molar-refractivity contribution in [3.05, 3.63) is 0 Å². The van der Waals surface area contributed by atoms with Crippen molar-refractivity contribution in [2.75, 3.05) is 19.8 Å². The summed E-state index contributed by atoms with van der Waals surface area (Å²) in [5.74, 6) is -1.11. The molecule has 0 aromatic rings. The number of nitrogens with one attached hydrogen (secondary N) is 2. The molecule has 0 bridgehead atoms. The van der Waals surface area contributed by atoms with Crippen molar-refractivity contribution < 1.29 is 28.4 Å². The third-order valence-corrected chi connectivity index (χ3v) is 10.8. The van der Waals surface area contributed by atoms with Gasteiger partial charge in [0.1, 0.15) is 6.04 Å². The lowest BCUT2D eigenvalue weighted by atomic mass is 10.0. The number of nitrogens with two attached hydrogens (primary N) is 2. The van der Waals surface area contributed by atoms with Gasteiger partial charge in [0.2, 0.25) is 0 Å². The Hall–Kier alpha value is -1.19. The summed E-state index contributed by atoms with van der Waals surface area (Å²) in [4.78, 5) is 20.1. The molecule has 11 heteroatoms. The molecule has 0 radical (unpaired) electrons. The molecule has 10 nitrogen and oxygen atoms in total. The summed E-state index contributed by atoms with van der Waals surface area (Å²) in [5, 5.41) is 17.7. The Kier molecular flexibility index (Phi) is 44.3. The SMILES string of the molecule is CCCCCCCCCCCCCCCCCCOP(=O)(O)OCCCCCCCCCCCCCCCCCC.N=C(N)NCCC[C@H](N)C(=O)O. The van der Waals surface area contributed by atoms with Crippen LogP contribution in [0.25, 0.3) is 0 Å². The second-order valence-corrected chi connectivity index (χ2v) is 16.6. The molecule has 1 atom stereocenters. The van der Waals surface area contributed by atoms with E-state index in [1.807, 2.05) is 0 Å². The van der Waals surface area contributed by atoms with Crippen molar-refractivity contribution in [1.82, 2.24) is 5.32 Å². The fourth-order valence-corrected chi connectivity index (χ4v) is 7.16. The van der Waals surface area contributed by atoms with Crippen LogP contribution in [-0.4, -0.2) is 47.7 Å². The second-order valence-electron chi connectivity index (χ2n) is 15.2. The van der Waals surface area contributed by atoms with Crippen molar-refractivity contribution in [3.63, 3.8) is 0 Å². The van der Waals surface area contributed by atoms with E-state index in [4.69, 9.17) is 31.0 Å². The van der Waals surface area contributed by atoms with E-state index in [-0.39, 0.29) is 5.96 Å². The fraction of sp³-hybridized carbons (Fsp3) is 0.952. The number of rotatable bonds is 41. The van der Waals surface area contributed by atoms with Gasteiger partial charge in [-0.05, 0) is 25.7 Å². The molecule has 0 amide bonds. The lowest BCUT2D eigenvalue weighted by molar-refractivity contribution is -0.138. The third-order valence-electron chi connectivity index (χ3n) is 9.83. The number of carboxylic acid groups (broad SMARTS) is 1. The molecule has 0 fully saturated rings. The molecule has 0 aliphatic rings. The summed E-state index contributed by atoms with van der Waals surface area (Å²) >= 11 is 0. The number of carbonyl (C=O) groups is 1. The molecular formula is C42H89N4O6P. The van der Waals surface area contributed by atoms with Gasteiger partial charge in [-0.3, -0.25) is 19.3 Å². The number of carboxylic acids is 1. The van der Waals surface area contributed by atoms with Crippen LogP contribution < -0.4 is 16.8 Å². The molecule has 0 unspecified atom stereocenters. The van der Waals surface area contributed by atoms with Crippen LogP contribution in [0.4, 0.5) is 0 Å². The maximum atomic E-state index is 12.0. The molecule has 0 rings (SSSR count). The van der Waals surface area contributed by atoms with Gasteiger partial charge in [0.05, 0.1) is 13.2 Å². The van der Waals surface area contributed by atoms with Crippen LogP contribution in [0.1, 0.15) is 232 Å². The summed E-state index contributed by atoms with van der Waals surface area (Å²) in [6.07, 6.45) is 43.2. The average Bonchev–Trinajstić information content (AvgIpc) is 3.12. The minimum Gasteiger partial charge on any atom is -0.480 e. The van der Waals surface area contributed by atoms with Crippen LogP contribution in [0.3, 0.4) is 0 Å². The van der Waals surface area contributed by atoms with Gasteiger partial charge in [-0.15, -0.1) is 0 Å². The number of guanidine groups is 1. The summed E-state index contributed by atoms with van der Waals surface area (Å²) in [5.41, 5.74) is 10.2. The van der Waals surface area contributed by atoms with Crippen molar-refractivity contribution >= 4 is 19.8 Å². The topological polar surface area (TPSA) is 181 Å². The molecule has 0 aromatic carbocycles. The maximum absolute atomic E-state index is 12.0. The highest BCUT2D eigenvalue weighted by atomic mass is 31.2. The molecule has 0 heterocycles. The van der Waals surface area contributed by atoms with Gasteiger partial charge in [-0.1, -0.05) is 206 Å². The van der Waals surface area contributed by atoms with Crippen molar-refractivity contribution in [2.45, 2.75) is 238 Å². The molecule has 0 aliphatic heterocycles. The van der Waals surface area contributed by atoms with E-state index in [1.165, 1.54) is 180 Å². The van der Waals surface area contributed by atoms with Gasteiger partial charge in [0.15, 0.2) is 5.96 Å². The molecule has 8 N–H and O–H groups in total. The molecule has 53 heavy (non-hydrogen) atoms. The van der Waals surface area contributed by atoms with Crippen molar-refractivity contribution in [1.29, 1.82) is 5.41 Å². The first-order valence-corrected chi connectivity index (χ1v) is 23.8. The van der Waals surface area contributed by atoms with E-state index in [1.54, 1.807) is 0 Å². The predicted octanol–water partition coefficient (Wildman–Crippen LogP) is 12.3. The van der Waals surface area contributed by atoms with E-state index in [9.17, 15) is 14.3 Å².